The second-order valence-electron chi connectivity index (χ2n) is 3.68. The fourth-order valence-electron chi connectivity index (χ4n) is 0.656. The lowest BCUT2D eigenvalue weighted by Crippen LogP contribution is -2.35. The zero-order valence-electron chi connectivity index (χ0n) is 7.51. The van der Waals surface area contributed by atoms with E-state index in [2.05, 4.69) is 19.6 Å². The molecule has 0 rings (SSSR count). The highest BCUT2D eigenvalue weighted by Gasteiger charge is 2.20. The minimum Gasteiger partial charge on any atom is -0.412 e. The first-order valence-electron chi connectivity index (χ1n) is 3.69. The molecule has 0 saturated carbocycles. The van der Waals surface area contributed by atoms with Crippen molar-refractivity contribution < 1.29 is 9.53 Å². The molecule has 0 aliphatic heterocycles. The van der Waals surface area contributed by atoms with Gasteiger partial charge in [0.15, 0.2) is 8.32 Å². The molecule has 1 N–H and O–H groups in total. The van der Waals surface area contributed by atoms with Crippen LogP contribution in [0.3, 0.4) is 0 Å². The summed E-state index contributed by atoms with van der Waals surface area (Å²) in [6, 6.07) is 0. The zero-order valence-corrected chi connectivity index (χ0v) is 8.51. The van der Waals surface area contributed by atoms with Gasteiger partial charge in [0.25, 0.3) is 0 Å². The molecule has 2 nitrogen and oxygen atoms in total. The van der Waals surface area contributed by atoms with Gasteiger partial charge in [-0.05, 0) is 33.5 Å². The third kappa shape index (κ3) is 4.96. The van der Waals surface area contributed by atoms with Crippen LogP contribution in [0.4, 0.5) is 0 Å². The summed E-state index contributed by atoms with van der Waals surface area (Å²) >= 11 is 0. The van der Waals surface area contributed by atoms with E-state index in [1.807, 2.05) is 6.92 Å². The molecule has 0 aromatic heterocycles. The highest BCUT2D eigenvalue weighted by Crippen LogP contribution is 2.09. The van der Waals surface area contributed by atoms with Gasteiger partial charge in [-0.3, -0.25) is 0 Å². The molecule has 0 radical (unpaired) electrons. The van der Waals surface area contributed by atoms with Crippen molar-refractivity contribution in [1.82, 2.24) is 0 Å². The zero-order chi connectivity index (χ0) is 8.36. The van der Waals surface area contributed by atoms with Gasteiger partial charge in [-0.25, -0.2) is 0 Å². The predicted molar refractivity (Wildman–Crippen MR) is 45.6 cm³/mol. The van der Waals surface area contributed by atoms with E-state index >= 15 is 0 Å². The summed E-state index contributed by atoms with van der Waals surface area (Å²) in [5, 5.41) is 9.08. The molecular weight excluding hydrogens is 144 g/mol. The minimum atomic E-state index is -1.44. The van der Waals surface area contributed by atoms with E-state index in [1.54, 1.807) is 6.92 Å². The van der Waals surface area contributed by atoms with Crippen LogP contribution in [-0.4, -0.2) is 25.6 Å². The fraction of sp³-hybridized carbons (Fsp3) is 1.00. The number of aliphatic hydroxyl groups is 1. The van der Waals surface area contributed by atoms with E-state index in [0.717, 1.165) is 0 Å². The molecule has 0 amide bonds. The third-order valence-corrected chi connectivity index (χ3v) is 2.30. The monoisotopic (exact) mass is 162 g/mol. The molecule has 0 aromatic carbocycles. The Kier molecular flexibility index (Phi) is 3.55. The molecule has 0 aliphatic carbocycles. The Balaban J connectivity index is 3.68. The summed E-state index contributed by atoms with van der Waals surface area (Å²) in [7, 11) is -1.44. The predicted octanol–water partition coefficient (Wildman–Crippen LogP) is 1.61. The van der Waals surface area contributed by atoms with Gasteiger partial charge in [0.05, 0.1) is 12.2 Å². The van der Waals surface area contributed by atoms with Crippen molar-refractivity contribution in [2.24, 2.45) is 0 Å². The SMILES string of the molecule is CC(O)C(C)O[Si](C)(C)C. The first kappa shape index (κ1) is 10.1. The fourth-order valence-corrected chi connectivity index (χ4v) is 1.97. The van der Waals surface area contributed by atoms with Crippen LogP contribution >= 0.6 is 0 Å². The number of hydrogen-bond acceptors (Lipinski definition) is 2. The molecule has 2 unspecified atom stereocenters. The Morgan fingerprint density at radius 1 is 1.20 bits per heavy atom. The Morgan fingerprint density at radius 3 is 1.70 bits per heavy atom. The molecule has 0 aliphatic rings. The van der Waals surface area contributed by atoms with Crippen molar-refractivity contribution in [3.8, 4) is 0 Å². The quantitative estimate of drug-likeness (QED) is 0.639. The topological polar surface area (TPSA) is 29.5 Å². The van der Waals surface area contributed by atoms with Gasteiger partial charge >= 0.3 is 0 Å². The van der Waals surface area contributed by atoms with Gasteiger partial charge in [0, 0.05) is 0 Å². The number of aliphatic hydroxyl groups excluding tert-OH is 1. The van der Waals surface area contributed by atoms with Crippen LogP contribution in [0.2, 0.25) is 19.6 Å². The summed E-state index contributed by atoms with van der Waals surface area (Å²) in [5.41, 5.74) is 0. The molecule has 2 atom stereocenters. The van der Waals surface area contributed by atoms with Crippen LogP contribution in [0.15, 0.2) is 0 Å². The minimum absolute atomic E-state index is 0.0216. The standard InChI is InChI=1S/C7H18O2Si/c1-6(8)7(2)9-10(3,4)5/h6-8H,1-5H3. The lowest BCUT2D eigenvalue weighted by atomic mass is 10.3. The molecule has 0 spiro atoms. The maximum Gasteiger partial charge on any atom is 0.184 e. The Hall–Kier alpha value is 0.137. The Morgan fingerprint density at radius 2 is 1.60 bits per heavy atom. The molecule has 0 fully saturated rings. The smallest absolute Gasteiger partial charge is 0.184 e. The van der Waals surface area contributed by atoms with E-state index < -0.39 is 8.32 Å². The molecule has 3 heteroatoms. The van der Waals surface area contributed by atoms with Crippen LogP contribution in [0, 0.1) is 0 Å². The largest absolute Gasteiger partial charge is 0.412 e. The van der Waals surface area contributed by atoms with Crippen molar-refractivity contribution in [3.63, 3.8) is 0 Å². The highest BCUT2D eigenvalue weighted by atomic mass is 28.4. The third-order valence-electron chi connectivity index (χ3n) is 1.22. The summed E-state index contributed by atoms with van der Waals surface area (Å²) in [6.45, 7) is 10.0. The number of rotatable bonds is 3. The van der Waals surface area contributed by atoms with E-state index in [4.69, 9.17) is 9.53 Å². The normalized spacial score (nSPS) is 18.6. The molecular formula is C7H18O2Si. The Labute approximate surface area is 64.3 Å². The average Bonchev–Trinajstić information content (AvgIpc) is 1.60. The second-order valence-corrected chi connectivity index (χ2v) is 8.14. The van der Waals surface area contributed by atoms with E-state index in [0.29, 0.717) is 0 Å². The first-order valence-corrected chi connectivity index (χ1v) is 7.09. The van der Waals surface area contributed by atoms with Crippen molar-refractivity contribution in [3.05, 3.63) is 0 Å². The van der Waals surface area contributed by atoms with Crippen LogP contribution in [0.1, 0.15) is 13.8 Å². The Bertz CT molecular complexity index is 96.3. The maximum absolute atomic E-state index is 9.08. The van der Waals surface area contributed by atoms with Crippen LogP contribution in [0.5, 0.6) is 0 Å². The molecule has 0 saturated heterocycles. The van der Waals surface area contributed by atoms with E-state index in [9.17, 15) is 0 Å². The molecule has 62 valence electrons. The molecule has 0 heterocycles. The van der Waals surface area contributed by atoms with Crippen molar-refractivity contribution in [2.75, 3.05) is 0 Å². The second kappa shape index (κ2) is 3.51. The van der Waals surface area contributed by atoms with Gasteiger partial charge in [0.1, 0.15) is 0 Å². The van der Waals surface area contributed by atoms with Gasteiger partial charge in [-0.15, -0.1) is 0 Å². The average molecular weight is 162 g/mol. The van der Waals surface area contributed by atoms with Gasteiger partial charge in [-0.2, -0.15) is 0 Å². The summed E-state index contributed by atoms with van der Waals surface area (Å²) < 4.78 is 5.59. The van der Waals surface area contributed by atoms with Crippen LogP contribution < -0.4 is 0 Å². The first-order chi connectivity index (χ1) is 4.33. The lowest BCUT2D eigenvalue weighted by Gasteiger charge is -2.25. The molecule has 0 aromatic rings. The molecule has 10 heavy (non-hydrogen) atoms. The van der Waals surface area contributed by atoms with Gasteiger partial charge in [0.2, 0.25) is 0 Å². The van der Waals surface area contributed by atoms with E-state index in [1.165, 1.54) is 0 Å². The van der Waals surface area contributed by atoms with Crippen LogP contribution in [-0.2, 0) is 4.43 Å². The van der Waals surface area contributed by atoms with Crippen molar-refractivity contribution >= 4 is 8.32 Å². The summed E-state index contributed by atoms with van der Waals surface area (Å²) in [5.74, 6) is 0. The summed E-state index contributed by atoms with van der Waals surface area (Å²) in [4.78, 5) is 0. The van der Waals surface area contributed by atoms with Gasteiger partial charge < -0.3 is 9.53 Å². The van der Waals surface area contributed by atoms with Crippen molar-refractivity contribution in [1.29, 1.82) is 0 Å². The van der Waals surface area contributed by atoms with E-state index in [-0.39, 0.29) is 12.2 Å². The summed E-state index contributed by atoms with van der Waals surface area (Å²) in [6.07, 6.45) is -0.376. The number of hydrogen-bond donors (Lipinski definition) is 1. The van der Waals surface area contributed by atoms with Crippen LogP contribution in [0.25, 0.3) is 0 Å². The lowest BCUT2D eigenvalue weighted by molar-refractivity contribution is 0.0556. The highest BCUT2D eigenvalue weighted by molar-refractivity contribution is 6.69. The maximum atomic E-state index is 9.08. The molecule has 0 bridgehead atoms. The van der Waals surface area contributed by atoms with Crippen molar-refractivity contribution in [2.45, 2.75) is 45.7 Å². The van der Waals surface area contributed by atoms with Gasteiger partial charge in [-0.1, -0.05) is 0 Å².